The van der Waals surface area contributed by atoms with Crippen molar-refractivity contribution in [1.82, 2.24) is 0 Å². The molecule has 1 nitrogen and oxygen atoms in total. The van der Waals surface area contributed by atoms with Crippen molar-refractivity contribution in [2.45, 2.75) is 50.9 Å². The molecular formula is C17H22O. The monoisotopic (exact) mass is 242 g/mol. The lowest BCUT2D eigenvalue weighted by atomic mass is 9.47. The quantitative estimate of drug-likeness (QED) is 0.783. The van der Waals surface area contributed by atoms with Gasteiger partial charge in [-0.2, -0.15) is 0 Å². The highest BCUT2D eigenvalue weighted by Gasteiger charge is 2.52. The molecule has 4 fully saturated rings. The average molecular weight is 242 g/mol. The molecule has 0 aliphatic heterocycles. The van der Waals surface area contributed by atoms with Crippen molar-refractivity contribution >= 4 is 0 Å². The average Bonchev–Trinajstić information content (AvgIpc) is 2.26. The second-order valence-corrected chi connectivity index (χ2v) is 7.17. The minimum atomic E-state index is 0.324. The van der Waals surface area contributed by atoms with E-state index in [1.807, 2.05) is 12.1 Å². The molecule has 0 unspecified atom stereocenters. The van der Waals surface area contributed by atoms with Gasteiger partial charge in [0.2, 0.25) is 0 Å². The van der Waals surface area contributed by atoms with Gasteiger partial charge in [0.05, 0.1) is 0 Å². The van der Waals surface area contributed by atoms with E-state index >= 15 is 0 Å². The van der Waals surface area contributed by atoms with Crippen LogP contribution in [0.5, 0.6) is 5.75 Å². The lowest BCUT2D eigenvalue weighted by Crippen LogP contribution is -2.48. The minimum Gasteiger partial charge on any atom is -0.508 e. The first-order valence-corrected chi connectivity index (χ1v) is 7.45. The third kappa shape index (κ3) is 1.39. The van der Waals surface area contributed by atoms with E-state index in [4.69, 9.17) is 0 Å². The highest BCUT2D eigenvalue weighted by atomic mass is 16.3. The molecule has 18 heavy (non-hydrogen) atoms. The van der Waals surface area contributed by atoms with Crippen LogP contribution in [0.3, 0.4) is 0 Å². The number of phenols is 1. The molecule has 1 heteroatoms. The van der Waals surface area contributed by atoms with Gasteiger partial charge in [0.25, 0.3) is 0 Å². The van der Waals surface area contributed by atoms with Crippen LogP contribution < -0.4 is 0 Å². The topological polar surface area (TPSA) is 20.2 Å². The first-order chi connectivity index (χ1) is 8.66. The molecule has 0 amide bonds. The van der Waals surface area contributed by atoms with Crippen molar-refractivity contribution in [2.24, 2.45) is 17.8 Å². The van der Waals surface area contributed by atoms with Gasteiger partial charge in [-0.25, -0.2) is 0 Å². The van der Waals surface area contributed by atoms with Gasteiger partial charge in [0.1, 0.15) is 5.75 Å². The van der Waals surface area contributed by atoms with Crippen molar-refractivity contribution in [1.29, 1.82) is 0 Å². The zero-order valence-corrected chi connectivity index (χ0v) is 11.2. The van der Waals surface area contributed by atoms with E-state index in [1.165, 1.54) is 49.7 Å². The minimum absolute atomic E-state index is 0.324. The van der Waals surface area contributed by atoms with Crippen molar-refractivity contribution in [2.75, 3.05) is 0 Å². The highest BCUT2D eigenvalue weighted by Crippen LogP contribution is 2.62. The normalized spacial score (nSPS) is 41.3. The van der Waals surface area contributed by atoms with Crippen LogP contribution in [-0.4, -0.2) is 5.11 Å². The van der Waals surface area contributed by atoms with Crippen LogP contribution in [0.25, 0.3) is 0 Å². The second-order valence-electron chi connectivity index (χ2n) is 7.17. The summed E-state index contributed by atoms with van der Waals surface area (Å²) in [5, 5.41) is 10.4. The number of rotatable bonds is 1. The first-order valence-electron chi connectivity index (χ1n) is 7.45. The van der Waals surface area contributed by atoms with Crippen LogP contribution in [0.1, 0.15) is 49.7 Å². The fourth-order valence-corrected chi connectivity index (χ4v) is 5.76. The maximum atomic E-state index is 10.4. The maximum absolute atomic E-state index is 10.4. The molecule has 0 saturated heterocycles. The van der Waals surface area contributed by atoms with Gasteiger partial charge in [-0.1, -0.05) is 12.1 Å². The van der Waals surface area contributed by atoms with Crippen LogP contribution in [0.2, 0.25) is 0 Å². The molecule has 1 aromatic rings. The molecule has 1 N–H and O–H groups in total. The van der Waals surface area contributed by atoms with Crippen LogP contribution in [0, 0.1) is 24.7 Å². The van der Waals surface area contributed by atoms with Gasteiger partial charge in [0, 0.05) is 11.0 Å². The van der Waals surface area contributed by atoms with Crippen molar-refractivity contribution in [3.05, 3.63) is 29.3 Å². The molecule has 5 rings (SSSR count). The Balaban J connectivity index is 1.84. The summed E-state index contributed by atoms with van der Waals surface area (Å²) in [5.41, 5.74) is 2.92. The van der Waals surface area contributed by atoms with E-state index in [1.54, 1.807) is 0 Å². The van der Waals surface area contributed by atoms with Crippen LogP contribution in [-0.2, 0) is 5.41 Å². The predicted molar refractivity (Wildman–Crippen MR) is 72.7 cm³/mol. The van der Waals surface area contributed by atoms with E-state index in [2.05, 4.69) is 13.0 Å². The third-order valence-corrected chi connectivity index (χ3v) is 5.82. The van der Waals surface area contributed by atoms with Crippen molar-refractivity contribution < 1.29 is 5.11 Å². The highest BCUT2D eigenvalue weighted by molar-refractivity contribution is 5.45. The van der Waals surface area contributed by atoms with Crippen LogP contribution in [0.4, 0.5) is 0 Å². The van der Waals surface area contributed by atoms with E-state index in [9.17, 15) is 5.11 Å². The molecular weight excluding hydrogens is 220 g/mol. The molecule has 4 aliphatic rings. The molecule has 0 spiro atoms. The number of aromatic hydroxyl groups is 1. The van der Waals surface area contributed by atoms with Crippen LogP contribution >= 0.6 is 0 Å². The van der Waals surface area contributed by atoms with Crippen molar-refractivity contribution in [3.8, 4) is 5.75 Å². The third-order valence-electron chi connectivity index (χ3n) is 5.82. The number of aryl methyl sites for hydroxylation is 1. The Labute approximate surface area is 109 Å². The molecule has 4 aliphatic carbocycles. The number of benzene rings is 1. The van der Waals surface area contributed by atoms with Gasteiger partial charge in [0.15, 0.2) is 0 Å². The lowest BCUT2D eigenvalue weighted by molar-refractivity contribution is -0.00641. The van der Waals surface area contributed by atoms with Gasteiger partial charge >= 0.3 is 0 Å². The summed E-state index contributed by atoms with van der Waals surface area (Å²) in [6, 6.07) is 6.04. The Hall–Kier alpha value is -0.980. The summed E-state index contributed by atoms with van der Waals surface area (Å²) in [4.78, 5) is 0. The molecule has 0 heterocycles. The van der Waals surface area contributed by atoms with Gasteiger partial charge in [-0.05, 0) is 74.8 Å². The van der Waals surface area contributed by atoms with E-state index in [0.717, 1.165) is 17.8 Å². The van der Waals surface area contributed by atoms with Gasteiger partial charge in [-0.15, -0.1) is 0 Å². The summed E-state index contributed by atoms with van der Waals surface area (Å²) in [5.74, 6) is 3.37. The summed E-state index contributed by atoms with van der Waals surface area (Å²) in [7, 11) is 0. The van der Waals surface area contributed by atoms with Crippen molar-refractivity contribution in [3.63, 3.8) is 0 Å². The predicted octanol–water partition coefficient (Wildman–Crippen LogP) is 4.17. The lowest BCUT2D eigenvalue weighted by Gasteiger charge is -2.57. The fraction of sp³-hybridized carbons (Fsp3) is 0.647. The number of hydrogen-bond acceptors (Lipinski definition) is 1. The Bertz CT molecular complexity index is 433. The Kier molecular flexibility index (Phi) is 2.13. The molecule has 4 saturated carbocycles. The van der Waals surface area contributed by atoms with Crippen LogP contribution in [0.15, 0.2) is 18.2 Å². The second kappa shape index (κ2) is 3.53. The maximum Gasteiger partial charge on any atom is 0.119 e. The smallest absolute Gasteiger partial charge is 0.119 e. The summed E-state index contributed by atoms with van der Waals surface area (Å²) < 4.78 is 0. The standard InChI is InChI=1S/C17H22O/c1-11-3-2-4-15(18)16(11)17-8-12-5-13(9-17)7-14(6-12)10-17/h2-4,12-14,18H,5-10H2,1H3. The summed E-state index contributed by atoms with van der Waals surface area (Å²) >= 11 is 0. The van der Waals surface area contributed by atoms with Gasteiger partial charge < -0.3 is 5.11 Å². The van der Waals surface area contributed by atoms with E-state index < -0.39 is 0 Å². The van der Waals surface area contributed by atoms with Gasteiger partial charge in [-0.3, -0.25) is 0 Å². The molecule has 0 aromatic heterocycles. The molecule has 0 atom stereocenters. The Morgan fingerprint density at radius 2 is 1.56 bits per heavy atom. The van der Waals surface area contributed by atoms with E-state index in [-0.39, 0.29) is 0 Å². The molecule has 96 valence electrons. The fourth-order valence-electron chi connectivity index (χ4n) is 5.76. The Morgan fingerprint density at radius 1 is 1.00 bits per heavy atom. The summed E-state index contributed by atoms with van der Waals surface area (Å²) in [6.07, 6.45) is 8.38. The first kappa shape index (κ1) is 10.9. The Morgan fingerprint density at radius 3 is 2.06 bits per heavy atom. The molecule has 1 aromatic carbocycles. The largest absolute Gasteiger partial charge is 0.508 e. The zero-order chi connectivity index (χ0) is 12.3. The van der Waals surface area contributed by atoms with E-state index in [0.29, 0.717) is 11.2 Å². The summed E-state index contributed by atoms with van der Waals surface area (Å²) in [6.45, 7) is 2.17. The zero-order valence-electron chi connectivity index (χ0n) is 11.2. The SMILES string of the molecule is Cc1cccc(O)c1C12CC3CC(CC(C3)C1)C2. The number of phenolic OH excluding ortho intramolecular Hbond substituents is 1. The molecule has 4 bridgehead atoms. The molecule has 0 radical (unpaired) electrons. The number of hydrogen-bond donors (Lipinski definition) is 1.